The van der Waals surface area contributed by atoms with E-state index in [4.69, 9.17) is 24.3 Å². The summed E-state index contributed by atoms with van der Waals surface area (Å²) in [7, 11) is -4.29. The average Bonchev–Trinajstić information content (AvgIpc) is 3.21. The fourth-order valence-electron chi connectivity index (χ4n) is 6.19. The Labute approximate surface area is 356 Å². The van der Waals surface area contributed by atoms with Gasteiger partial charge >= 0.3 is 13.8 Å². The molecule has 0 aromatic carbocycles. The van der Waals surface area contributed by atoms with Crippen molar-refractivity contribution in [2.75, 3.05) is 33.0 Å². The van der Waals surface area contributed by atoms with E-state index in [0.29, 0.717) is 13.0 Å². The van der Waals surface area contributed by atoms with Crippen LogP contribution in [0.25, 0.3) is 0 Å². The molecule has 0 fully saturated rings. The van der Waals surface area contributed by atoms with E-state index < -0.39 is 13.9 Å². The van der Waals surface area contributed by atoms with Gasteiger partial charge in [-0.05, 0) is 83.5 Å². The normalized spacial score (nSPS) is 14.1. The number of nitrogens with two attached hydrogens (primary N) is 1. The summed E-state index contributed by atoms with van der Waals surface area (Å²) in [5, 5.41) is 0. The fourth-order valence-corrected chi connectivity index (χ4v) is 6.96. The summed E-state index contributed by atoms with van der Waals surface area (Å²) in [5.74, 6) is -0.345. The van der Waals surface area contributed by atoms with Crippen molar-refractivity contribution in [3.05, 3.63) is 72.9 Å². The molecular weight excluding hydrogens is 746 g/mol. The number of rotatable bonds is 44. The molecule has 0 aromatic rings. The summed E-state index contributed by atoms with van der Waals surface area (Å²) >= 11 is 0. The van der Waals surface area contributed by atoms with E-state index in [1.165, 1.54) is 89.9 Å². The molecule has 0 aromatic heterocycles. The molecule has 0 spiro atoms. The van der Waals surface area contributed by atoms with E-state index in [2.05, 4.69) is 86.8 Å². The molecule has 0 saturated carbocycles. The predicted molar refractivity (Wildman–Crippen MR) is 247 cm³/mol. The third-order valence-electron chi connectivity index (χ3n) is 9.61. The number of esters is 1. The number of carbonyl (C=O) groups is 1. The highest BCUT2D eigenvalue weighted by molar-refractivity contribution is 7.47. The lowest BCUT2D eigenvalue weighted by Gasteiger charge is -2.20. The molecule has 0 radical (unpaired) electrons. The lowest BCUT2D eigenvalue weighted by atomic mass is 10.1. The van der Waals surface area contributed by atoms with Gasteiger partial charge in [-0.15, -0.1) is 0 Å². The van der Waals surface area contributed by atoms with Crippen molar-refractivity contribution < 1.29 is 32.8 Å². The van der Waals surface area contributed by atoms with E-state index in [0.717, 1.165) is 83.5 Å². The Morgan fingerprint density at radius 1 is 0.534 bits per heavy atom. The molecule has 3 N–H and O–H groups in total. The molecule has 58 heavy (non-hydrogen) atoms. The maximum absolute atomic E-state index is 12.6. The molecular formula is C49H88NO7P. The Balaban J connectivity index is 4.03. The highest BCUT2D eigenvalue weighted by Crippen LogP contribution is 2.43. The lowest BCUT2D eigenvalue weighted by molar-refractivity contribution is -0.154. The van der Waals surface area contributed by atoms with Crippen molar-refractivity contribution >= 4 is 13.8 Å². The zero-order valence-corrected chi connectivity index (χ0v) is 38.2. The van der Waals surface area contributed by atoms with E-state index in [1.807, 2.05) is 0 Å². The molecule has 0 aliphatic heterocycles. The van der Waals surface area contributed by atoms with Crippen molar-refractivity contribution in [1.82, 2.24) is 0 Å². The van der Waals surface area contributed by atoms with Crippen LogP contribution in [0.4, 0.5) is 0 Å². The summed E-state index contributed by atoms with van der Waals surface area (Å²) in [6.07, 6.45) is 57.8. The van der Waals surface area contributed by atoms with Crippen molar-refractivity contribution in [1.29, 1.82) is 0 Å². The smallest absolute Gasteiger partial charge is 0.457 e. The highest BCUT2D eigenvalue weighted by Gasteiger charge is 2.25. The van der Waals surface area contributed by atoms with Gasteiger partial charge in [0, 0.05) is 19.6 Å². The Hall–Kier alpha value is -2.06. The Morgan fingerprint density at radius 2 is 0.966 bits per heavy atom. The zero-order valence-electron chi connectivity index (χ0n) is 37.3. The molecule has 0 rings (SSSR count). The Kier molecular flexibility index (Phi) is 44.4. The third-order valence-corrected chi connectivity index (χ3v) is 10.6. The van der Waals surface area contributed by atoms with Crippen LogP contribution < -0.4 is 5.73 Å². The first-order valence-corrected chi connectivity index (χ1v) is 24.9. The second kappa shape index (κ2) is 46.0. The number of hydrogen-bond acceptors (Lipinski definition) is 7. The lowest BCUT2D eigenvalue weighted by Crippen LogP contribution is -2.28. The standard InChI is InChI=1S/C49H88NO7P/c1-3-5-7-9-11-13-15-17-19-21-22-23-24-25-26-27-28-30-32-34-36-38-40-42-49(51)57-48(47-56-58(52,53)55-45-43-50)46-54-44-41-39-37-35-33-31-29-20-18-16-14-12-10-8-6-4-2/h6,8,12,14-15,17-18,20-22,24-25,48H,3-5,7,9-11,13,16,19,23,26-47,50H2,1-2H3,(H,52,53)/b8-6-,14-12-,17-15-,20-18-,22-21-,25-24-. The van der Waals surface area contributed by atoms with Gasteiger partial charge in [0.15, 0.2) is 0 Å². The molecule has 336 valence electrons. The number of unbranched alkanes of at least 4 members (excludes halogenated alkanes) is 19. The number of carbonyl (C=O) groups excluding carboxylic acids is 1. The van der Waals surface area contributed by atoms with Gasteiger partial charge in [-0.2, -0.15) is 0 Å². The number of allylic oxidation sites excluding steroid dienone is 12. The topological polar surface area (TPSA) is 117 Å². The first-order chi connectivity index (χ1) is 28.4. The van der Waals surface area contributed by atoms with Gasteiger partial charge in [-0.3, -0.25) is 13.8 Å². The summed E-state index contributed by atoms with van der Waals surface area (Å²) < 4.78 is 33.5. The molecule has 0 aliphatic carbocycles. The summed E-state index contributed by atoms with van der Waals surface area (Å²) in [6, 6.07) is 0. The van der Waals surface area contributed by atoms with Crippen molar-refractivity contribution in [2.24, 2.45) is 5.73 Å². The number of phosphoric acid groups is 1. The highest BCUT2D eigenvalue weighted by atomic mass is 31.2. The molecule has 8 nitrogen and oxygen atoms in total. The fraction of sp³-hybridized carbons (Fsp3) is 0.735. The van der Waals surface area contributed by atoms with Crippen LogP contribution in [0.3, 0.4) is 0 Å². The molecule has 2 unspecified atom stereocenters. The summed E-state index contributed by atoms with van der Waals surface area (Å²) in [6.45, 7) is 4.75. The van der Waals surface area contributed by atoms with Gasteiger partial charge in [0.2, 0.25) is 0 Å². The van der Waals surface area contributed by atoms with Crippen LogP contribution >= 0.6 is 7.82 Å². The Bertz CT molecular complexity index is 1120. The Morgan fingerprint density at radius 3 is 1.45 bits per heavy atom. The summed E-state index contributed by atoms with van der Waals surface area (Å²) in [5.41, 5.74) is 5.38. The second-order valence-corrected chi connectivity index (χ2v) is 16.7. The molecule has 0 bridgehead atoms. The predicted octanol–water partition coefficient (Wildman–Crippen LogP) is 14.3. The molecule has 0 saturated heterocycles. The third kappa shape index (κ3) is 45.0. The number of phosphoric ester groups is 1. The van der Waals surface area contributed by atoms with Gasteiger partial charge in [-0.25, -0.2) is 4.57 Å². The molecule has 9 heteroatoms. The van der Waals surface area contributed by atoms with Gasteiger partial charge in [0.1, 0.15) is 6.10 Å². The molecule has 0 heterocycles. The van der Waals surface area contributed by atoms with Crippen LogP contribution in [-0.4, -0.2) is 49.9 Å². The second-order valence-electron chi connectivity index (χ2n) is 15.2. The van der Waals surface area contributed by atoms with Crippen LogP contribution in [0.15, 0.2) is 72.9 Å². The van der Waals surface area contributed by atoms with E-state index in [-0.39, 0.29) is 32.3 Å². The zero-order chi connectivity index (χ0) is 42.3. The molecule has 2 atom stereocenters. The van der Waals surface area contributed by atoms with Crippen molar-refractivity contribution in [3.63, 3.8) is 0 Å². The minimum Gasteiger partial charge on any atom is -0.457 e. The quantitative estimate of drug-likeness (QED) is 0.0270. The minimum atomic E-state index is -4.29. The van der Waals surface area contributed by atoms with E-state index in [1.54, 1.807) is 0 Å². The van der Waals surface area contributed by atoms with Crippen LogP contribution in [0, 0.1) is 0 Å². The van der Waals surface area contributed by atoms with Crippen LogP contribution in [0.1, 0.15) is 194 Å². The van der Waals surface area contributed by atoms with Crippen LogP contribution in [0.5, 0.6) is 0 Å². The number of hydrogen-bond donors (Lipinski definition) is 2. The monoisotopic (exact) mass is 834 g/mol. The van der Waals surface area contributed by atoms with Crippen LogP contribution in [-0.2, 0) is 27.9 Å². The first-order valence-electron chi connectivity index (χ1n) is 23.4. The minimum absolute atomic E-state index is 0.0931. The van der Waals surface area contributed by atoms with Gasteiger partial charge in [0.05, 0.1) is 19.8 Å². The average molecular weight is 834 g/mol. The largest absolute Gasteiger partial charge is 0.472 e. The maximum atomic E-state index is 12.6. The van der Waals surface area contributed by atoms with Gasteiger partial charge in [-0.1, -0.05) is 177 Å². The summed E-state index contributed by atoms with van der Waals surface area (Å²) in [4.78, 5) is 22.5. The van der Waals surface area contributed by atoms with Crippen molar-refractivity contribution in [3.8, 4) is 0 Å². The first kappa shape index (κ1) is 55.9. The number of ether oxygens (including phenoxy) is 2. The van der Waals surface area contributed by atoms with Crippen LogP contribution in [0.2, 0.25) is 0 Å². The van der Waals surface area contributed by atoms with Gasteiger partial charge in [0.25, 0.3) is 0 Å². The van der Waals surface area contributed by atoms with E-state index >= 15 is 0 Å². The SMILES string of the molecule is CC/C=C\C/C=C\C/C=C\CCCCCCCCOCC(COP(=O)(O)OCCN)OC(=O)CCCCCCCCCC/C=C\C/C=C\C/C=C\CCCCCCC. The maximum Gasteiger partial charge on any atom is 0.472 e. The van der Waals surface area contributed by atoms with Crippen molar-refractivity contribution in [2.45, 2.75) is 200 Å². The van der Waals surface area contributed by atoms with Gasteiger partial charge < -0.3 is 20.1 Å². The van der Waals surface area contributed by atoms with E-state index in [9.17, 15) is 14.3 Å². The molecule has 0 amide bonds. The molecule has 0 aliphatic rings.